The summed E-state index contributed by atoms with van der Waals surface area (Å²) in [6, 6.07) is 18.4. The molecule has 3 nitrogen and oxygen atoms in total. The molecule has 2 rings (SSSR count). The van der Waals surface area contributed by atoms with Gasteiger partial charge in [0.15, 0.2) is 0 Å². The molecule has 0 aromatic heterocycles. The number of hydrogen-bond acceptors (Lipinski definition) is 3. The fourth-order valence-corrected chi connectivity index (χ4v) is 1.45. The summed E-state index contributed by atoms with van der Waals surface area (Å²) in [5.74, 6) is 0. The molecule has 2 aromatic rings. The van der Waals surface area contributed by atoms with E-state index in [0.717, 1.165) is 11.3 Å². The number of nitrogens with zero attached hydrogens (tertiary/aromatic N) is 3. The lowest BCUT2D eigenvalue weighted by Gasteiger charge is -1.95. The predicted molar refractivity (Wildman–Crippen MR) is 69.6 cm³/mol. The zero-order valence-electron chi connectivity index (χ0n) is 9.54. The molecule has 0 radical (unpaired) electrons. The highest BCUT2D eigenvalue weighted by atomic mass is 14.7. The Morgan fingerprint density at radius 3 is 2.28 bits per heavy atom. The quantitative estimate of drug-likeness (QED) is 0.745. The van der Waals surface area contributed by atoms with Crippen molar-refractivity contribution in [1.29, 1.82) is 10.5 Å². The van der Waals surface area contributed by atoms with Crippen molar-refractivity contribution in [3.8, 4) is 12.1 Å². The van der Waals surface area contributed by atoms with Crippen LogP contribution in [0.15, 0.2) is 53.5 Å². The van der Waals surface area contributed by atoms with Gasteiger partial charge in [0, 0.05) is 6.21 Å². The molecule has 18 heavy (non-hydrogen) atoms. The largest absolute Gasteiger partial charge is 0.256 e. The maximum Gasteiger partial charge on any atom is 0.0992 e. The first-order valence-electron chi connectivity index (χ1n) is 5.36. The van der Waals surface area contributed by atoms with Gasteiger partial charge in [-0.15, -0.1) is 0 Å². The molecular weight excluding hydrogens is 222 g/mol. The molecule has 0 heterocycles. The molecule has 0 aliphatic rings. The first-order chi connectivity index (χ1) is 8.81. The average Bonchev–Trinajstić information content (AvgIpc) is 2.46. The van der Waals surface area contributed by atoms with Crippen LogP contribution in [0, 0.1) is 22.7 Å². The van der Waals surface area contributed by atoms with Gasteiger partial charge in [0.1, 0.15) is 0 Å². The van der Waals surface area contributed by atoms with E-state index < -0.39 is 0 Å². The number of rotatable bonds is 2. The summed E-state index contributed by atoms with van der Waals surface area (Å²) in [7, 11) is 0. The Kier molecular flexibility index (Phi) is 3.49. The highest BCUT2D eigenvalue weighted by Gasteiger charge is 1.93. The molecule has 0 aliphatic carbocycles. The van der Waals surface area contributed by atoms with Crippen molar-refractivity contribution in [3.63, 3.8) is 0 Å². The van der Waals surface area contributed by atoms with Crippen molar-refractivity contribution >= 4 is 11.9 Å². The van der Waals surface area contributed by atoms with Gasteiger partial charge in [-0.1, -0.05) is 18.2 Å². The molecule has 0 saturated carbocycles. The summed E-state index contributed by atoms with van der Waals surface area (Å²) in [4.78, 5) is 4.28. The van der Waals surface area contributed by atoms with E-state index in [9.17, 15) is 0 Å². The molecule has 84 valence electrons. The van der Waals surface area contributed by atoms with Crippen LogP contribution in [-0.4, -0.2) is 6.21 Å². The van der Waals surface area contributed by atoms with E-state index in [1.807, 2.05) is 18.2 Å². The van der Waals surface area contributed by atoms with Crippen LogP contribution < -0.4 is 0 Å². The monoisotopic (exact) mass is 231 g/mol. The molecular formula is C15H9N3. The standard InChI is InChI=1S/C15H9N3/c16-9-12-4-6-13(7-5-12)11-18-15-3-1-2-14(8-15)10-17/h1-8,11H. The first kappa shape index (κ1) is 11.6. The molecule has 0 N–H and O–H groups in total. The number of aliphatic imine (C=N–C) groups is 1. The molecule has 0 fully saturated rings. The van der Waals surface area contributed by atoms with Crippen molar-refractivity contribution < 1.29 is 0 Å². The van der Waals surface area contributed by atoms with E-state index in [-0.39, 0.29) is 0 Å². The van der Waals surface area contributed by atoms with Crippen LogP contribution in [0.25, 0.3) is 0 Å². The molecule has 0 amide bonds. The molecule has 0 bridgehead atoms. The van der Waals surface area contributed by atoms with Gasteiger partial charge in [-0.3, -0.25) is 4.99 Å². The maximum atomic E-state index is 8.77. The Labute approximate surface area is 105 Å². The second-order valence-electron chi connectivity index (χ2n) is 3.65. The average molecular weight is 231 g/mol. The summed E-state index contributed by atoms with van der Waals surface area (Å²) < 4.78 is 0. The Hall–Kier alpha value is -2.91. The van der Waals surface area contributed by atoms with Gasteiger partial charge in [0.2, 0.25) is 0 Å². The predicted octanol–water partition coefficient (Wildman–Crippen LogP) is 3.18. The lowest BCUT2D eigenvalue weighted by Crippen LogP contribution is -1.81. The molecule has 0 saturated heterocycles. The Morgan fingerprint density at radius 1 is 0.889 bits per heavy atom. The van der Waals surface area contributed by atoms with Crippen LogP contribution in [0.2, 0.25) is 0 Å². The van der Waals surface area contributed by atoms with E-state index in [1.165, 1.54) is 0 Å². The molecule has 0 aliphatic heterocycles. The molecule has 3 heteroatoms. The summed E-state index contributed by atoms with van der Waals surface area (Å²) >= 11 is 0. The van der Waals surface area contributed by atoms with E-state index >= 15 is 0 Å². The van der Waals surface area contributed by atoms with Crippen LogP contribution in [0.5, 0.6) is 0 Å². The second-order valence-corrected chi connectivity index (χ2v) is 3.65. The third-order valence-corrected chi connectivity index (χ3v) is 2.38. The molecule has 0 atom stereocenters. The summed E-state index contributed by atoms with van der Waals surface area (Å²) in [6.07, 6.45) is 1.71. The Bertz CT molecular complexity index is 655. The minimum atomic E-state index is 0.587. The third kappa shape index (κ3) is 2.81. The normalized spacial score (nSPS) is 9.89. The van der Waals surface area contributed by atoms with E-state index in [2.05, 4.69) is 17.1 Å². The third-order valence-electron chi connectivity index (χ3n) is 2.38. The number of hydrogen-bond donors (Lipinski definition) is 0. The van der Waals surface area contributed by atoms with Gasteiger partial charge in [-0.2, -0.15) is 10.5 Å². The van der Waals surface area contributed by atoms with Gasteiger partial charge >= 0.3 is 0 Å². The van der Waals surface area contributed by atoms with E-state index in [4.69, 9.17) is 10.5 Å². The van der Waals surface area contributed by atoms with Crippen LogP contribution in [0.1, 0.15) is 16.7 Å². The van der Waals surface area contributed by atoms with Gasteiger partial charge in [-0.05, 0) is 35.9 Å². The molecule has 0 unspecified atom stereocenters. The zero-order valence-corrected chi connectivity index (χ0v) is 9.54. The van der Waals surface area contributed by atoms with Crippen LogP contribution in [-0.2, 0) is 0 Å². The second kappa shape index (κ2) is 5.43. The molecule has 2 aromatic carbocycles. The lowest BCUT2D eigenvalue weighted by molar-refractivity contribution is 1.45. The van der Waals surface area contributed by atoms with Crippen molar-refractivity contribution in [2.45, 2.75) is 0 Å². The first-order valence-corrected chi connectivity index (χ1v) is 5.36. The Balaban J connectivity index is 2.19. The molecule has 0 spiro atoms. The van der Waals surface area contributed by atoms with Crippen molar-refractivity contribution in [2.24, 2.45) is 4.99 Å². The summed E-state index contributed by atoms with van der Waals surface area (Å²) in [6.45, 7) is 0. The van der Waals surface area contributed by atoms with Crippen molar-refractivity contribution in [2.75, 3.05) is 0 Å². The van der Waals surface area contributed by atoms with Gasteiger partial charge in [-0.25, -0.2) is 0 Å². The fourth-order valence-electron chi connectivity index (χ4n) is 1.45. The Morgan fingerprint density at radius 2 is 1.61 bits per heavy atom. The number of nitriles is 2. The zero-order chi connectivity index (χ0) is 12.8. The fraction of sp³-hybridized carbons (Fsp3) is 0. The highest BCUT2D eigenvalue weighted by molar-refractivity contribution is 5.82. The number of benzene rings is 2. The van der Waals surface area contributed by atoms with E-state index in [0.29, 0.717) is 11.1 Å². The van der Waals surface area contributed by atoms with Crippen LogP contribution in [0.3, 0.4) is 0 Å². The minimum Gasteiger partial charge on any atom is -0.256 e. The summed E-state index contributed by atoms with van der Waals surface area (Å²) in [5.41, 5.74) is 2.86. The van der Waals surface area contributed by atoms with Crippen molar-refractivity contribution in [1.82, 2.24) is 0 Å². The lowest BCUT2D eigenvalue weighted by atomic mass is 10.1. The minimum absolute atomic E-state index is 0.587. The topological polar surface area (TPSA) is 59.9 Å². The maximum absolute atomic E-state index is 8.77. The SMILES string of the molecule is N#Cc1ccc(C=Nc2cccc(C#N)c2)cc1. The smallest absolute Gasteiger partial charge is 0.0992 e. The van der Waals surface area contributed by atoms with Gasteiger partial charge in [0.05, 0.1) is 29.0 Å². The summed E-state index contributed by atoms with van der Waals surface area (Å²) in [5, 5.41) is 17.5. The van der Waals surface area contributed by atoms with Crippen LogP contribution in [0.4, 0.5) is 5.69 Å². The van der Waals surface area contributed by atoms with E-state index in [1.54, 1.807) is 36.5 Å². The van der Waals surface area contributed by atoms with Gasteiger partial charge in [0.25, 0.3) is 0 Å². The highest BCUT2D eigenvalue weighted by Crippen LogP contribution is 2.13. The van der Waals surface area contributed by atoms with Gasteiger partial charge < -0.3 is 0 Å². The van der Waals surface area contributed by atoms with Crippen LogP contribution >= 0.6 is 0 Å². The van der Waals surface area contributed by atoms with Crippen molar-refractivity contribution in [3.05, 3.63) is 65.2 Å².